The second-order valence-electron chi connectivity index (χ2n) is 4.06. The van der Waals surface area contributed by atoms with E-state index in [1.165, 1.54) is 17.4 Å². The van der Waals surface area contributed by atoms with Gasteiger partial charge in [0, 0.05) is 10.6 Å². The van der Waals surface area contributed by atoms with E-state index in [1.807, 2.05) is 13.8 Å². The number of benzene rings is 1. The van der Waals surface area contributed by atoms with Crippen molar-refractivity contribution >= 4 is 34.6 Å². The summed E-state index contributed by atoms with van der Waals surface area (Å²) in [7, 11) is 0. The molecule has 0 radical (unpaired) electrons. The summed E-state index contributed by atoms with van der Waals surface area (Å²) in [5.74, 6) is -0.497. The molecule has 2 N–H and O–H groups in total. The molecule has 0 fully saturated rings. The number of hydrogen-bond donors (Lipinski definition) is 1. The first-order valence-corrected chi connectivity index (χ1v) is 6.82. The molecule has 100 valence electrons. The molecule has 0 aliphatic carbocycles. The largest absolute Gasteiger partial charge is 0.455 e. The zero-order valence-electron chi connectivity index (χ0n) is 10.6. The van der Waals surface area contributed by atoms with Crippen LogP contribution in [0, 0.1) is 13.8 Å². The van der Waals surface area contributed by atoms with Gasteiger partial charge in [0.15, 0.2) is 0 Å². The fraction of sp³-hybridized carbons (Fsp3) is 0.231. The Hall–Kier alpha value is -1.59. The number of halogens is 1. The number of thiazole rings is 1. The highest BCUT2D eigenvalue weighted by Gasteiger charge is 2.13. The van der Waals surface area contributed by atoms with Crippen LogP contribution in [-0.2, 0) is 11.3 Å². The molecule has 0 saturated carbocycles. The van der Waals surface area contributed by atoms with Crippen molar-refractivity contribution in [3.63, 3.8) is 0 Å². The Morgan fingerprint density at radius 3 is 2.84 bits per heavy atom. The van der Waals surface area contributed by atoms with Crippen LogP contribution in [0.25, 0.3) is 0 Å². The predicted molar refractivity (Wildman–Crippen MR) is 76.6 cm³/mol. The van der Waals surface area contributed by atoms with Gasteiger partial charge >= 0.3 is 5.97 Å². The lowest BCUT2D eigenvalue weighted by molar-refractivity contribution is 0.0472. The molecular weight excluding hydrogens is 284 g/mol. The molecule has 19 heavy (non-hydrogen) atoms. The van der Waals surface area contributed by atoms with Crippen molar-refractivity contribution in [2.75, 3.05) is 5.73 Å². The molecule has 4 nitrogen and oxygen atoms in total. The van der Waals surface area contributed by atoms with Crippen molar-refractivity contribution < 1.29 is 9.53 Å². The highest BCUT2D eigenvalue weighted by Crippen LogP contribution is 2.21. The van der Waals surface area contributed by atoms with Crippen LogP contribution in [-0.4, -0.2) is 11.0 Å². The number of carbonyl (C=O) groups is 1. The van der Waals surface area contributed by atoms with E-state index in [9.17, 15) is 4.79 Å². The fourth-order valence-electron chi connectivity index (χ4n) is 1.51. The SMILES string of the molecule is Cc1nc(COC(=O)c2cc(N)ccc2Cl)sc1C. The van der Waals surface area contributed by atoms with Crippen molar-refractivity contribution in [3.8, 4) is 0 Å². The number of aromatic nitrogens is 1. The van der Waals surface area contributed by atoms with E-state index in [0.29, 0.717) is 10.7 Å². The maximum Gasteiger partial charge on any atom is 0.340 e. The number of nitrogens with two attached hydrogens (primary N) is 1. The van der Waals surface area contributed by atoms with Crippen LogP contribution in [0.5, 0.6) is 0 Å². The quantitative estimate of drug-likeness (QED) is 0.697. The summed E-state index contributed by atoms with van der Waals surface area (Å²) in [4.78, 5) is 17.3. The Morgan fingerprint density at radius 2 is 2.21 bits per heavy atom. The average molecular weight is 297 g/mol. The number of ether oxygens (including phenoxy) is 1. The zero-order valence-corrected chi connectivity index (χ0v) is 12.1. The van der Waals surface area contributed by atoms with Gasteiger partial charge in [-0.05, 0) is 32.0 Å². The molecule has 0 atom stereocenters. The smallest absolute Gasteiger partial charge is 0.340 e. The van der Waals surface area contributed by atoms with E-state index in [-0.39, 0.29) is 12.2 Å². The summed E-state index contributed by atoms with van der Waals surface area (Å²) in [5.41, 5.74) is 7.32. The highest BCUT2D eigenvalue weighted by molar-refractivity contribution is 7.11. The van der Waals surface area contributed by atoms with E-state index in [1.54, 1.807) is 12.1 Å². The van der Waals surface area contributed by atoms with Crippen molar-refractivity contribution in [2.24, 2.45) is 0 Å². The summed E-state index contributed by atoms with van der Waals surface area (Å²) >= 11 is 7.45. The van der Waals surface area contributed by atoms with E-state index >= 15 is 0 Å². The number of hydrogen-bond acceptors (Lipinski definition) is 5. The molecule has 0 unspecified atom stereocenters. The van der Waals surface area contributed by atoms with Crippen LogP contribution in [0.4, 0.5) is 5.69 Å². The van der Waals surface area contributed by atoms with Crippen LogP contribution >= 0.6 is 22.9 Å². The van der Waals surface area contributed by atoms with Gasteiger partial charge in [-0.1, -0.05) is 11.6 Å². The Labute approximate surface area is 120 Å². The normalized spacial score (nSPS) is 10.5. The van der Waals surface area contributed by atoms with Gasteiger partial charge in [0.2, 0.25) is 0 Å². The summed E-state index contributed by atoms with van der Waals surface area (Å²) in [6.07, 6.45) is 0. The molecule has 0 spiro atoms. The van der Waals surface area contributed by atoms with Crippen LogP contribution in [0.2, 0.25) is 5.02 Å². The van der Waals surface area contributed by atoms with Gasteiger partial charge < -0.3 is 10.5 Å². The number of carbonyl (C=O) groups excluding carboxylic acids is 1. The summed E-state index contributed by atoms with van der Waals surface area (Å²) in [5, 5.41) is 1.09. The number of anilines is 1. The van der Waals surface area contributed by atoms with Gasteiger partial charge in [-0.25, -0.2) is 9.78 Å². The number of esters is 1. The van der Waals surface area contributed by atoms with Gasteiger partial charge in [0.05, 0.1) is 16.3 Å². The van der Waals surface area contributed by atoms with E-state index in [2.05, 4.69) is 4.98 Å². The van der Waals surface area contributed by atoms with Crippen LogP contribution in [0.15, 0.2) is 18.2 Å². The minimum absolute atomic E-state index is 0.142. The topological polar surface area (TPSA) is 65.2 Å². The molecule has 2 aromatic rings. The van der Waals surface area contributed by atoms with Crippen LogP contribution in [0.3, 0.4) is 0 Å². The maximum atomic E-state index is 11.9. The van der Waals surface area contributed by atoms with Crippen LogP contribution < -0.4 is 5.73 Å². The lowest BCUT2D eigenvalue weighted by Gasteiger charge is -2.05. The number of rotatable bonds is 3. The molecule has 0 saturated heterocycles. The minimum atomic E-state index is -0.497. The molecule has 6 heteroatoms. The van der Waals surface area contributed by atoms with Gasteiger partial charge in [-0.3, -0.25) is 0 Å². The first kappa shape index (κ1) is 13.8. The van der Waals surface area contributed by atoms with E-state index in [4.69, 9.17) is 22.1 Å². The van der Waals surface area contributed by atoms with Gasteiger partial charge in [-0.2, -0.15) is 0 Å². The maximum absolute atomic E-state index is 11.9. The van der Waals surface area contributed by atoms with Gasteiger partial charge in [-0.15, -0.1) is 11.3 Å². The van der Waals surface area contributed by atoms with E-state index in [0.717, 1.165) is 15.6 Å². The molecule has 1 aromatic carbocycles. The lowest BCUT2D eigenvalue weighted by Crippen LogP contribution is -2.06. The number of nitrogen functional groups attached to an aromatic ring is 1. The predicted octanol–water partition coefficient (Wildman–Crippen LogP) is 3.35. The van der Waals surface area contributed by atoms with Crippen molar-refractivity contribution in [1.29, 1.82) is 0 Å². The standard InChI is InChI=1S/C13H13ClN2O2S/c1-7-8(2)19-12(16-7)6-18-13(17)10-5-9(15)3-4-11(10)14/h3-5H,6,15H2,1-2H3. The average Bonchev–Trinajstić information content (AvgIpc) is 2.69. The molecule has 0 aliphatic heterocycles. The van der Waals surface area contributed by atoms with Gasteiger partial charge in [0.1, 0.15) is 11.6 Å². The monoisotopic (exact) mass is 296 g/mol. The van der Waals surface area contributed by atoms with E-state index < -0.39 is 5.97 Å². The fourth-order valence-corrected chi connectivity index (χ4v) is 2.55. The third-order valence-corrected chi connectivity index (χ3v) is 3.99. The van der Waals surface area contributed by atoms with Crippen molar-refractivity contribution in [2.45, 2.75) is 20.5 Å². The van der Waals surface area contributed by atoms with Crippen LogP contribution in [0.1, 0.15) is 25.9 Å². The molecule has 1 heterocycles. The van der Waals surface area contributed by atoms with Crippen molar-refractivity contribution in [1.82, 2.24) is 4.98 Å². The lowest BCUT2D eigenvalue weighted by atomic mass is 10.2. The Bertz CT molecular complexity index is 606. The Balaban J connectivity index is 2.07. The minimum Gasteiger partial charge on any atom is -0.455 e. The summed E-state index contributed by atoms with van der Waals surface area (Å²) < 4.78 is 5.19. The molecule has 0 aliphatic rings. The number of aryl methyl sites for hydroxylation is 2. The molecular formula is C13H13ClN2O2S. The highest BCUT2D eigenvalue weighted by atomic mass is 35.5. The second kappa shape index (κ2) is 5.59. The number of nitrogens with zero attached hydrogens (tertiary/aromatic N) is 1. The van der Waals surface area contributed by atoms with Gasteiger partial charge in [0.25, 0.3) is 0 Å². The molecule has 2 rings (SSSR count). The summed E-state index contributed by atoms with van der Waals surface area (Å²) in [6, 6.07) is 4.71. The third-order valence-electron chi connectivity index (χ3n) is 2.61. The first-order chi connectivity index (χ1) is 8.97. The molecule has 0 amide bonds. The second-order valence-corrected chi connectivity index (χ2v) is 5.76. The zero-order chi connectivity index (χ0) is 14.0. The Morgan fingerprint density at radius 1 is 1.47 bits per heavy atom. The first-order valence-electron chi connectivity index (χ1n) is 5.62. The molecule has 1 aromatic heterocycles. The Kier molecular flexibility index (Phi) is 4.07. The molecule has 0 bridgehead atoms. The summed E-state index contributed by atoms with van der Waals surface area (Å²) in [6.45, 7) is 4.04. The third kappa shape index (κ3) is 3.24. The van der Waals surface area contributed by atoms with Crippen molar-refractivity contribution in [3.05, 3.63) is 44.4 Å².